The Labute approximate surface area is 149 Å². The minimum absolute atomic E-state index is 0.0135. The second kappa shape index (κ2) is 7.27. The monoisotopic (exact) mass is 355 g/mol. The summed E-state index contributed by atoms with van der Waals surface area (Å²) in [4.78, 5) is 18.9. The van der Waals surface area contributed by atoms with Gasteiger partial charge in [0.2, 0.25) is 5.88 Å². The van der Waals surface area contributed by atoms with Gasteiger partial charge in [0.15, 0.2) is 0 Å². The molecule has 1 aromatic heterocycles. The summed E-state index contributed by atoms with van der Waals surface area (Å²) in [5.41, 5.74) is 2.04. The van der Waals surface area contributed by atoms with E-state index in [1.165, 1.54) is 18.3 Å². The molecule has 3 rings (SSSR count). The highest BCUT2D eigenvalue weighted by molar-refractivity contribution is 6.31. The van der Waals surface area contributed by atoms with Crippen molar-refractivity contribution in [1.29, 1.82) is 0 Å². The fraction of sp³-hybridized carbons (Fsp3) is 0.111. The summed E-state index contributed by atoms with van der Waals surface area (Å²) in [6.45, 7) is 1.87. The molecule has 0 aliphatic rings. The molecule has 0 saturated carbocycles. The van der Waals surface area contributed by atoms with E-state index in [-0.39, 0.29) is 11.8 Å². The van der Waals surface area contributed by atoms with Gasteiger partial charge >= 0.3 is 0 Å². The topological polar surface area (TPSA) is 78.2 Å². The summed E-state index contributed by atoms with van der Waals surface area (Å²) in [5, 5.41) is 11.4. The molecule has 126 valence electrons. The predicted octanol–water partition coefficient (Wildman–Crippen LogP) is 4.85. The van der Waals surface area contributed by atoms with E-state index in [4.69, 9.17) is 16.3 Å². The lowest BCUT2D eigenvalue weighted by atomic mass is 10.1. The molecule has 7 heteroatoms. The Morgan fingerprint density at radius 1 is 1.08 bits per heavy atom. The van der Waals surface area contributed by atoms with Gasteiger partial charge in [-0.25, -0.2) is 9.97 Å². The first-order valence-corrected chi connectivity index (χ1v) is 7.91. The Balaban J connectivity index is 1.91. The molecule has 1 heterocycles. The van der Waals surface area contributed by atoms with Gasteiger partial charge in [-0.05, 0) is 25.1 Å². The smallest absolute Gasteiger partial charge is 0.269 e. The van der Waals surface area contributed by atoms with E-state index in [1.807, 2.05) is 25.1 Å². The maximum Gasteiger partial charge on any atom is 0.269 e. The zero-order valence-corrected chi connectivity index (χ0v) is 14.1. The molecule has 2 aromatic carbocycles. The van der Waals surface area contributed by atoms with E-state index in [9.17, 15) is 10.1 Å². The van der Waals surface area contributed by atoms with Crippen LogP contribution in [-0.2, 0) is 0 Å². The Kier molecular flexibility index (Phi) is 4.90. The molecule has 0 amide bonds. The van der Waals surface area contributed by atoms with Gasteiger partial charge in [0.25, 0.3) is 5.69 Å². The number of aromatic nitrogens is 2. The van der Waals surface area contributed by atoms with Crippen molar-refractivity contribution in [3.8, 4) is 17.1 Å². The van der Waals surface area contributed by atoms with Gasteiger partial charge in [-0.15, -0.1) is 0 Å². The first-order chi connectivity index (χ1) is 12.1. The van der Waals surface area contributed by atoms with Crippen molar-refractivity contribution >= 4 is 17.3 Å². The van der Waals surface area contributed by atoms with Crippen molar-refractivity contribution in [2.45, 2.75) is 13.0 Å². The highest BCUT2D eigenvalue weighted by Crippen LogP contribution is 2.32. The molecule has 0 spiro atoms. The number of nitro groups is 1. The summed E-state index contributed by atoms with van der Waals surface area (Å²) in [6.07, 6.45) is 2.75. The van der Waals surface area contributed by atoms with Gasteiger partial charge in [0.1, 0.15) is 11.8 Å². The van der Waals surface area contributed by atoms with Crippen LogP contribution in [0.25, 0.3) is 11.3 Å². The normalized spacial score (nSPS) is 11.8. The van der Waals surface area contributed by atoms with E-state index in [0.717, 1.165) is 5.56 Å². The van der Waals surface area contributed by atoms with Gasteiger partial charge in [0.05, 0.1) is 4.92 Å². The highest BCUT2D eigenvalue weighted by atomic mass is 35.5. The van der Waals surface area contributed by atoms with Crippen LogP contribution in [0.15, 0.2) is 60.9 Å². The van der Waals surface area contributed by atoms with Crippen LogP contribution in [0.2, 0.25) is 5.02 Å². The fourth-order valence-corrected chi connectivity index (χ4v) is 2.68. The Bertz CT molecular complexity index is 900. The molecule has 0 aliphatic carbocycles. The third-order valence-corrected chi connectivity index (χ3v) is 3.99. The molecule has 0 bridgehead atoms. The number of nitrogens with zero attached hydrogens (tertiary/aromatic N) is 3. The maximum absolute atomic E-state index is 10.8. The molecular formula is C18H14ClN3O3. The van der Waals surface area contributed by atoms with Crippen LogP contribution in [0, 0.1) is 10.1 Å². The third kappa shape index (κ3) is 3.75. The molecule has 0 radical (unpaired) electrons. The molecular weight excluding hydrogens is 342 g/mol. The summed E-state index contributed by atoms with van der Waals surface area (Å²) in [6, 6.07) is 13.5. The van der Waals surface area contributed by atoms with Gasteiger partial charge < -0.3 is 4.74 Å². The number of hydrogen-bond acceptors (Lipinski definition) is 5. The van der Waals surface area contributed by atoms with E-state index in [2.05, 4.69) is 9.97 Å². The summed E-state index contributed by atoms with van der Waals surface area (Å²) in [5.74, 6) is 0.337. The lowest BCUT2D eigenvalue weighted by Crippen LogP contribution is -2.06. The SMILES string of the molecule is C[C@H](Oc1nccnc1-c1ccc([N+](=O)[O-])cc1)c1ccccc1Cl. The lowest BCUT2D eigenvalue weighted by molar-refractivity contribution is -0.384. The van der Waals surface area contributed by atoms with Gasteiger partial charge in [-0.2, -0.15) is 0 Å². The molecule has 6 nitrogen and oxygen atoms in total. The van der Waals surface area contributed by atoms with Crippen LogP contribution in [0.3, 0.4) is 0 Å². The number of halogens is 1. The number of rotatable bonds is 5. The first-order valence-electron chi connectivity index (χ1n) is 7.53. The van der Waals surface area contributed by atoms with Gasteiger partial charge in [-0.3, -0.25) is 10.1 Å². The second-order valence-corrected chi connectivity index (χ2v) is 5.70. The van der Waals surface area contributed by atoms with Crippen molar-refractivity contribution in [3.63, 3.8) is 0 Å². The number of benzene rings is 2. The average Bonchev–Trinajstić information content (AvgIpc) is 2.62. The van der Waals surface area contributed by atoms with Crippen LogP contribution in [0.4, 0.5) is 5.69 Å². The Hall–Kier alpha value is -2.99. The quantitative estimate of drug-likeness (QED) is 0.483. The van der Waals surface area contributed by atoms with Crippen molar-refractivity contribution in [1.82, 2.24) is 9.97 Å². The van der Waals surface area contributed by atoms with E-state index in [0.29, 0.717) is 22.2 Å². The zero-order chi connectivity index (χ0) is 17.8. The molecule has 0 aliphatic heterocycles. The largest absolute Gasteiger partial charge is 0.468 e. The van der Waals surface area contributed by atoms with Crippen molar-refractivity contribution in [2.75, 3.05) is 0 Å². The Morgan fingerprint density at radius 2 is 1.76 bits per heavy atom. The highest BCUT2D eigenvalue weighted by Gasteiger charge is 2.16. The van der Waals surface area contributed by atoms with Crippen LogP contribution in [0.1, 0.15) is 18.6 Å². The van der Waals surface area contributed by atoms with Crippen LogP contribution in [-0.4, -0.2) is 14.9 Å². The van der Waals surface area contributed by atoms with Crippen molar-refractivity contribution in [2.24, 2.45) is 0 Å². The predicted molar refractivity (Wildman–Crippen MR) is 94.6 cm³/mol. The minimum atomic E-state index is -0.447. The molecule has 0 fully saturated rings. The summed E-state index contributed by atoms with van der Waals surface area (Å²) >= 11 is 6.21. The number of nitro benzene ring substituents is 1. The lowest BCUT2D eigenvalue weighted by Gasteiger charge is -2.17. The molecule has 1 atom stereocenters. The standard InChI is InChI=1S/C18H14ClN3O3/c1-12(15-4-2-3-5-16(15)19)25-18-17(20-10-11-21-18)13-6-8-14(9-7-13)22(23)24/h2-12H,1H3/t12-/m0/s1. The van der Waals surface area contributed by atoms with Gasteiger partial charge in [0, 0.05) is 40.7 Å². The van der Waals surface area contributed by atoms with Gasteiger partial charge in [-0.1, -0.05) is 29.8 Å². The third-order valence-electron chi connectivity index (χ3n) is 3.65. The van der Waals surface area contributed by atoms with Crippen molar-refractivity contribution in [3.05, 3.63) is 81.6 Å². The fourth-order valence-electron chi connectivity index (χ4n) is 2.39. The number of hydrogen-bond donors (Lipinski definition) is 0. The average molecular weight is 356 g/mol. The Morgan fingerprint density at radius 3 is 2.44 bits per heavy atom. The molecule has 3 aromatic rings. The first kappa shape index (κ1) is 16.9. The zero-order valence-electron chi connectivity index (χ0n) is 13.3. The second-order valence-electron chi connectivity index (χ2n) is 5.30. The maximum atomic E-state index is 10.8. The van der Waals surface area contributed by atoms with E-state index in [1.54, 1.807) is 24.4 Å². The summed E-state index contributed by atoms with van der Waals surface area (Å²) < 4.78 is 5.95. The van der Waals surface area contributed by atoms with E-state index >= 15 is 0 Å². The molecule has 0 N–H and O–H groups in total. The van der Waals surface area contributed by atoms with Crippen LogP contribution < -0.4 is 4.74 Å². The molecule has 0 unspecified atom stereocenters. The number of ether oxygens (including phenoxy) is 1. The molecule has 0 saturated heterocycles. The van der Waals surface area contributed by atoms with Crippen LogP contribution >= 0.6 is 11.6 Å². The van der Waals surface area contributed by atoms with Crippen LogP contribution in [0.5, 0.6) is 5.88 Å². The number of non-ortho nitro benzene ring substituents is 1. The van der Waals surface area contributed by atoms with E-state index < -0.39 is 4.92 Å². The molecule has 25 heavy (non-hydrogen) atoms. The summed E-state index contributed by atoms with van der Waals surface area (Å²) in [7, 11) is 0. The minimum Gasteiger partial charge on any atom is -0.468 e. The van der Waals surface area contributed by atoms with Crippen molar-refractivity contribution < 1.29 is 9.66 Å².